The van der Waals surface area contributed by atoms with E-state index in [1.807, 2.05) is 19.0 Å². The van der Waals surface area contributed by atoms with Crippen LogP contribution < -0.4 is 34.7 Å². The van der Waals surface area contributed by atoms with Crippen LogP contribution in [0.2, 0.25) is 0 Å². The molecule has 0 bridgehead atoms. The Balaban J connectivity index is 0.00000243. The molecule has 2 fully saturated rings. The maximum atomic E-state index is 12.4. The van der Waals surface area contributed by atoms with Crippen LogP contribution in [-0.4, -0.2) is 63.1 Å². The summed E-state index contributed by atoms with van der Waals surface area (Å²) in [6.45, 7) is 1.60. The molecule has 138 valence electrons. The van der Waals surface area contributed by atoms with Gasteiger partial charge in [0.05, 0.1) is 29.7 Å². The van der Waals surface area contributed by atoms with Crippen molar-refractivity contribution in [1.82, 2.24) is 9.80 Å². The molecule has 3 rings (SSSR count). The molecule has 1 amide bonds. The van der Waals surface area contributed by atoms with Crippen LogP contribution in [0.3, 0.4) is 0 Å². The van der Waals surface area contributed by atoms with Crippen molar-refractivity contribution < 1.29 is 49.4 Å². The second-order valence-corrected chi connectivity index (χ2v) is 8.92. The number of thiocarbonyl (C=S) groups is 1. The summed E-state index contributed by atoms with van der Waals surface area (Å²) >= 11 is 6.87. The van der Waals surface area contributed by atoms with Crippen molar-refractivity contribution in [3.8, 4) is 0 Å². The molecule has 2 heterocycles. The number of β-lactam (4-membered cyclic amide) rings is 1. The van der Waals surface area contributed by atoms with Gasteiger partial charge < -0.3 is 24.8 Å². The first kappa shape index (κ1) is 22.2. The minimum Gasteiger partial charge on any atom is -0.543 e. The fourth-order valence-electron chi connectivity index (χ4n) is 4.46. The molecule has 1 saturated heterocycles. The number of rotatable bonds is 4. The second kappa shape index (κ2) is 8.49. The summed E-state index contributed by atoms with van der Waals surface area (Å²) in [6.07, 6.45) is 1.95. The molecule has 1 N–H and O–H groups in total. The molecule has 1 saturated carbocycles. The van der Waals surface area contributed by atoms with E-state index in [9.17, 15) is 19.8 Å². The number of carbonyl (C=O) groups is 2. The molecule has 0 aromatic carbocycles. The summed E-state index contributed by atoms with van der Waals surface area (Å²) in [6, 6.07) is -0.232. The SMILES string of the molecule is C[C@@H](O)[C@H]1C(=O)N2C(C(=O)[O-])=C3[C@@H](CSC(=S)N(C)C)CCC[C@@H]3[C@H]12.[Na+]. The molecular formula is C17H23N2NaO4S2. The Morgan fingerprint density at radius 3 is 2.65 bits per heavy atom. The van der Waals surface area contributed by atoms with Gasteiger partial charge in [-0.05, 0) is 31.3 Å². The molecule has 9 heteroatoms. The Morgan fingerprint density at radius 2 is 2.12 bits per heavy atom. The van der Waals surface area contributed by atoms with Crippen molar-refractivity contribution in [1.29, 1.82) is 0 Å². The number of aliphatic carboxylic acids is 1. The number of aliphatic hydroxyl groups excluding tert-OH is 1. The van der Waals surface area contributed by atoms with Gasteiger partial charge in [0.25, 0.3) is 0 Å². The van der Waals surface area contributed by atoms with Gasteiger partial charge in [0.15, 0.2) is 0 Å². The number of hydrogen-bond acceptors (Lipinski definition) is 6. The predicted molar refractivity (Wildman–Crippen MR) is 97.4 cm³/mol. The van der Waals surface area contributed by atoms with E-state index in [2.05, 4.69) is 0 Å². The Kier molecular flexibility index (Phi) is 7.24. The number of hydrogen-bond donors (Lipinski definition) is 1. The molecule has 0 spiro atoms. The van der Waals surface area contributed by atoms with Gasteiger partial charge >= 0.3 is 29.6 Å². The van der Waals surface area contributed by atoms with Crippen LogP contribution in [-0.2, 0) is 9.59 Å². The predicted octanol–water partition coefficient (Wildman–Crippen LogP) is -2.79. The quantitative estimate of drug-likeness (QED) is 0.307. The van der Waals surface area contributed by atoms with Gasteiger partial charge in [-0.2, -0.15) is 0 Å². The van der Waals surface area contributed by atoms with E-state index in [1.165, 1.54) is 4.90 Å². The molecule has 0 unspecified atom stereocenters. The van der Waals surface area contributed by atoms with Gasteiger partial charge in [-0.25, -0.2) is 0 Å². The number of carbonyl (C=O) groups excluding carboxylic acids is 2. The first-order chi connectivity index (χ1) is 11.8. The van der Waals surface area contributed by atoms with Crippen LogP contribution in [0.4, 0.5) is 0 Å². The number of aliphatic hydroxyl groups is 1. The van der Waals surface area contributed by atoms with E-state index in [0.29, 0.717) is 5.75 Å². The average molecular weight is 407 g/mol. The normalized spacial score (nSPS) is 30.8. The third-order valence-electron chi connectivity index (χ3n) is 5.51. The number of fused-ring (bicyclic) bond motifs is 3. The van der Waals surface area contributed by atoms with Gasteiger partial charge in [0, 0.05) is 25.8 Å². The molecule has 0 aromatic rings. The van der Waals surface area contributed by atoms with E-state index in [1.54, 1.807) is 18.7 Å². The zero-order valence-electron chi connectivity index (χ0n) is 15.6. The number of nitrogens with zero attached hydrogens (tertiary/aromatic N) is 2. The number of thioether (sulfide) groups is 1. The van der Waals surface area contributed by atoms with Crippen molar-refractivity contribution in [2.45, 2.75) is 38.3 Å². The van der Waals surface area contributed by atoms with Crippen LogP contribution in [0, 0.1) is 17.8 Å². The minimum atomic E-state index is -1.29. The summed E-state index contributed by atoms with van der Waals surface area (Å²) < 4.78 is 0.761. The minimum absolute atomic E-state index is 0. The van der Waals surface area contributed by atoms with E-state index < -0.39 is 18.0 Å². The molecule has 3 aliphatic rings. The van der Waals surface area contributed by atoms with Crippen molar-refractivity contribution in [2.24, 2.45) is 17.8 Å². The Labute approximate surface area is 185 Å². The second-order valence-electron chi connectivity index (χ2n) is 7.26. The third kappa shape index (κ3) is 3.61. The van der Waals surface area contributed by atoms with Crippen LogP contribution in [0.5, 0.6) is 0 Å². The van der Waals surface area contributed by atoms with E-state index >= 15 is 0 Å². The van der Waals surface area contributed by atoms with Gasteiger partial charge in [0.1, 0.15) is 4.32 Å². The molecule has 6 nitrogen and oxygen atoms in total. The monoisotopic (exact) mass is 406 g/mol. The fourth-order valence-corrected chi connectivity index (χ4v) is 5.62. The molecule has 26 heavy (non-hydrogen) atoms. The van der Waals surface area contributed by atoms with Crippen LogP contribution in [0.25, 0.3) is 0 Å². The molecule has 0 radical (unpaired) electrons. The fraction of sp³-hybridized carbons (Fsp3) is 0.706. The summed E-state index contributed by atoms with van der Waals surface area (Å²) in [5, 5.41) is 21.7. The van der Waals surface area contributed by atoms with Crippen molar-refractivity contribution >= 4 is 40.2 Å². The number of amides is 1. The van der Waals surface area contributed by atoms with E-state index in [4.69, 9.17) is 12.2 Å². The topological polar surface area (TPSA) is 83.9 Å². The molecule has 1 aliphatic carbocycles. The Hall–Kier alpha value is -0.120. The van der Waals surface area contributed by atoms with Crippen molar-refractivity contribution in [3.63, 3.8) is 0 Å². The molecule has 0 aromatic heterocycles. The van der Waals surface area contributed by atoms with E-state index in [-0.39, 0.29) is 59.0 Å². The Bertz CT molecular complexity index is 653. The van der Waals surface area contributed by atoms with Gasteiger partial charge in [-0.15, -0.1) is 0 Å². The first-order valence-electron chi connectivity index (χ1n) is 8.56. The molecule has 5 atom stereocenters. The van der Waals surface area contributed by atoms with Gasteiger partial charge in [-0.3, -0.25) is 4.79 Å². The number of carboxylic acid groups (broad SMARTS) is 1. The third-order valence-corrected chi connectivity index (χ3v) is 7.41. The maximum Gasteiger partial charge on any atom is 1.00 e. The van der Waals surface area contributed by atoms with Crippen molar-refractivity contribution in [2.75, 3.05) is 19.8 Å². The largest absolute Gasteiger partial charge is 1.00 e. The zero-order valence-corrected chi connectivity index (χ0v) is 19.2. The summed E-state index contributed by atoms with van der Waals surface area (Å²) in [5.74, 6) is -1.30. The van der Waals surface area contributed by atoms with Crippen LogP contribution >= 0.6 is 24.0 Å². The summed E-state index contributed by atoms with van der Waals surface area (Å²) in [5.41, 5.74) is 0.889. The molecule has 2 aliphatic heterocycles. The summed E-state index contributed by atoms with van der Waals surface area (Å²) in [7, 11) is 3.77. The van der Waals surface area contributed by atoms with Gasteiger partial charge in [0.2, 0.25) is 5.91 Å². The first-order valence-corrected chi connectivity index (χ1v) is 9.95. The Morgan fingerprint density at radius 1 is 1.46 bits per heavy atom. The smallest absolute Gasteiger partial charge is 0.543 e. The van der Waals surface area contributed by atoms with E-state index in [0.717, 1.165) is 29.2 Å². The van der Waals surface area contributed by atoms with Gasteiger partial charge in [-0.1, -0.05) is 30.4 Å². The average Bonchev–Trinajstić information content (AvgIpc) is 2.83. The summed E-state index contributed by atoms with van der Waals surface area (Å²) in [4.78, 5) is 27.4. The maximum absolute atomic E-state index is 12.4. The standard InChI is InChI=1S/C17H24N2O4S2.Na/c1-8(20)11-13-10-6-4-5-9(7-25-17(24)18(2)3)12(10)14(16(22)23)19(13)15(11)21;/h8-11,13,20H,4-7H2,1-3H3,(H,22,23);/q;+1/p-1/t8-,9-,10+,11-,13-;/m1./s1. The number of carboxylic acids is 1. The van der Waals surface area contributed by atoms with Crippen molar-refractivity contribution in [3.05, 3.63) is 11.3 Å². The van der Waals surface area contributed by atoms with Crippen LogP contribution in [0.15, 0.2) is 11.3 Å². The van der Waals surface area contributed by atoms with Crippen LogP contribution in [0.1, 0.15) is 26.2 Å². The molecular weight excluding hydrogens is 383 g/mol. The zero-order chi connectivity index (χ0) is 18.5.